The van der Waals surface area contributed by atoms with Crippen molar-refractivity contribution in [1.29, 1.82) is 0 Å². The lowest BCUT2D eigenvalue weighted by Crippen LogP contribution is -2.62. The maximum Gasteiger partial charge on any atom is 0.304 e. The van der Waals surface area contributed by atoms with Gasteiger partial charge in [-0.25, -0.2) is 8.42 Å². The summed E-state index contributed by atoms with van der Waals surface area (Å²) in [6.07, 6.45) is -0.402. The molecule has 0 atom stereocenters. The van der Waals surface area contributed by atoms with Crippen LogP contribution in [0.15, 0.2) is 0 Å². The zero-order chi connectivity index (χ0) is 11.0. The minimum absolute atomic E-state index is 0.0505. The van der Waals surface area contributed by atoms with Gasteiger partial charge < -0.3 is 10.2 Å². The van der Waals surface area contributed by atoms with Crippen LogP contribution >= 0.6 is 0 Å². The first kappa shape index (κ1) is 11.4. The molecule has 0 radical (unpaired) electrons. The van der Waals surface area contributed by atoms with Crippen LogP contribution in [0, 0.1) is 0 Å². The van der Waals surface area contributed by atoms with E-state index in [0.29, 0.717) is 0 Å². The number of hydrogen-bond acceptors (Lipinski definition) is 4. The van der Waals surface area contributed by atoms with Gasteiger partial charge in [0.05, 0.1) is 17.8 Å². The van der Waals surface area contributed by atoms with E-state index in [9.17, 15) is 18.3 Å². The first-order valence-electron chi connectivity index (χ1n) is 4.15. The summed E-state index contributed by atoms with van der Waals surface area (Å²) in [6, 6.07) is 0. The Morgan fingerprint density at radius 3 is 2.36 bits per heavy atom. The second-order valence-corrected chi connectivity index (χ2v) is 5.81. The molecule has 0 bridgehead atoms. The summed E-state index contributed by atoms with van der Waals surface area (Å²) >= 11 is 0. The standard InChI is InChI=1S/C7H13NO5S/c1-7(11)4-8(5-7)14(12,13)3-2-6(9)10/h11H,2-5H2,1H3,(H,9,10). The van der Waals surface area contributed by atoms with Crippen LogP contribution in [0.3, 0.4) is 0 Å². The van der Waals surface area contributed by atoms with Crippen LogP contribution in [0.5, 0.6) is 0 Å². The Morgan fingerprint density at radius 1 is 1.50 bits per heavy atom. The fourth-order valence-corrected chi connectivity index (χ4v) is 2.90. The monoisotopic (exact) mass is 223 g/mol. The van der Waals surface area contributed by atoms with Gasteiger partial charge in [0, 0.05) is 13.1 Å². The molecule has 0 spiro atoms. The van der Waals surface area contributed by atoms with Gasteiger partial charge in [0.25, 0.3) is 0 Å². The molecular formula is C7H13NO5S. The smallest absolute Gasteiger partial charge is 0.304 e. The molecule has 0 saturated carbocycles. The molecule has 1 aliphatic heterocycles. The van der Waals surface area contributed by atoms with Crippen LogP contribution in [0.1, 0.15) is 13.3 Å². The Balaban J connectivity index is 2.48. The average Bonchev–Trinajstić information content (AvgIpc) is 1.96. The molecule has 7 heteroatoms. The van der Waals surface area contributed by atoms with E-state index in [0.717, 1.165) is 4.31 Å². The second kappa shape index (κ2) is 3.48. The third-order valence-corrected chi connectivity index (χ3v) is 3.77. The second-order valence-electron chi connectivity index (χ2n) is 3.72. The molecule has 0 unspecified atom stereocenters. The summed E-state index contributed by atoms with van der Waals surface area (Å²) in [4.78, 5) is 10.2. The third-order valence-electron chi connectivity index (χ3n) is 2.00. The molecule has 1 heterocycles. The Kier molecular flexibility index (Phi) is 2.84. The van der Waals surface area contributed by atoms with Gasteiger partial charge in [0.1, 0.15) is 0 Å². The van der Waals surface area contributed by atoms with Crippen LogP contribution in [0.2, 0.25) is 0 Å². The minimum atomic E-state index is -3.50. The van der Waals surface area contributed by atoms with Crippen molar-refractivity contribution in [2.45, 2.75) is 18.9 Å². The topological polar surface area (TPSA) is 94.9 Å². The zero-order valence-corrected chi connectivity index (χ0v) is 8.62. The number of carboxylic acid groups (broad SMARTS) is 1. The molecule has 0 aliphatic carbocycles. The van der Waals surface area contributed by atoms with Crippen LogP contribution in [0.4, 0.5) is 0 Å². The molecule has 1 saturated heterocycles. The normalized spacial score (nSPS) is 21.6. The number of β-amino-alcohol motifs (C(OH)–C–C–N with tert-alkyl or cyclic N) is 1. The van der Waals surface area contributed by atoms with Gasteiger partial charge in [-0.05, 0) is 6.92 Å². The summed E-state index contributed by atoms with van der Waals surface area (Å²) in [5.41, 5.74) is -0.962. The number of hydrogen-bond donors (Lipinski definition) is 2. The summed E-state index contributed by atoms with van der Waals surface area (Å²) in [6.45, 7) is 1.64. The molecule has 1 aliphatic rings. The molecule has 2 N–H and O–H groups in total. The Morgan fingerprint density at radius 2 is 2.00 bits per heavy atom. The van der Waals surface area contributed by atoms with Gasteiger partial charge in [0.15, 0.2) is 0 Å². The molecule has 0 aromatic heterocycles. The quantitative estimate of drug-likeness (QED) is 0.628. The van der Waals surface area contributed by atoms with Gasteiger partial charge in [-0.1, -0.05) is 0 Å². The predicted molar refractivity (Wildman–Crippen MR) is 48.2 cm³/mol. The van der Waals surface area contributed by atoms with Crippen molar-refractivity contribution in [2.24, 2.45) is 0 Å². The first-order chi connectivity index (χ1) is 6.23. The molecule has 0 aromatic carbocycles. The molecule has 1 rings (SSSR count). The largest absolute Gasteiger partial charge is 0.481 e. The van der Waals surface area contributed by atoms with Gasteiger partial charge in [-0.2, -0.15) is 4.31 Å². The van der Waals surface area contributed by atoms with Crippen molar-refractivity contribution in [3.8, 4) is 0 Å². The van der Waals surface area contributed by atoms with Crippen molar-refractivity contribution in [1.82, 2.24) is 4.31 Å². The van der Waals surface area contributed by atoms with Gasteiger partial charge in [-0.3, -0.25) is 4.79 Å². The van der Waals surface area contributed by atoms with Gasteiger partial charge in [-0.15, -0.1) is 0 Å². The average molecular weight is 223 g/mol. The van der Waals surface area contributed by atoms with Crippen molar-refractivity contribution in [2.75, 3.05) is 18.8 Å². The van der Waals surface area contributed by atoms with Gasteiger partial charge >= 0.3 is 5.97 Å². The van der Waals surface area contributed by atoms with E-state index >= 15 is 0 Å². The number of aliphatic carboxylic acids is 1. The predicted octanol–water partition coefficient (Wildman–Crippen LogP) is -1.14. The minimum Gasteiger partial charge on any atom is -0.481 e. The summed E-state index contributed by atoms with van der Waals surface area (Å²) in [5.74, 6) is -1.54. The van der Waals surface area contributed by atoms with Crippen LogP contribution in [-0.4, -0.2) is 53.3 Å². The van der Waals surface area contributed by atoms with E-state index in [1.807, 2.05) is 0 Å². The van der Waals surface area contributed by atoms with E-state index in [-0.39, 0.29) is 13.1 Å². The number of rotatable bonds is 4. The summed E-state index contributed by atoms with van der Waals surface area (Å²) < 4.78 is 23.8. The fourth-order valence-electron chi connectivity index (χ4n) is 1.26. The van der Waals surface area contributed by atoms with E-state index in [2.05, 4.69) is 0 Å². The molecule has 14 heavy (non-hydrogen) atoms. The number of sulfonamides is 1. The lowest BCUT2D eigenvalue weighted by Gasteiger charge is -2.42. The Bertz CT molecular complexity index is 326. The third kappa shape index (κ3) is 2.66. The number of carbonyl (C=O) groups is 1. The highest BCUT2D eigenvalue weighted by Crippen LogP contribution is 2.23. The fraction of sp³-hybridized carbons (Fsp3) is 0.857. The maximum atomic E-state index is 11.4. The van der Waals surface area contributed by atoms with E-state index in [4.69, 9.17) is 5.11 Å². The van der Waals surface area contributed by atoms with Crippen LogP contribution in [-0.2, 0) is 14.8 Å². The lowest BCUT2D eigenvalue weighted by molar-refractivity contribution is -0.136. The van der Waals surface area contributed by atoms with Crippen molar-refractivity contribution in [3.05, 3.63) is 0 Å². The molecule has 6 nitrogen and oxygen atoms in total. The maximum absolute atomic E-state index is 11.4. The van der Waals surface area contributed by atoms with Gasteiger partial charge in [0.2, 0.25) is 10.0 Å². The Hall–Kier alpha value is -0.660. The highest BCUT2D eigenvalue weighted by Gasteiger charge is 2.43. The molecule has 1 fully saturated rings. The summed E-state index contributed by atoms with van der Waals surface area (Å²) in [5, 5.41) is 17.6. The SMILES string of the molecule is CC1(O)CN(S(=O)(=O)CCC(=O)O)C1. The lowest BCUT2D eigenvalue weighted by atomic mass is 10.0. The van der Waals surface area contributed by atoms with E-state index in [1.54, 1.807) is 0 Å². The molecule has 82 valence electrons. The number of carboxylic acids is 1. The zero-order valence-electron chi connectivity index (χ0n) is 7.80. The van der Waals surface area contributed by atoms with E-state index in [1.165, 1.54) is 6.92 Å². The van der Waals surface area contributed by atoms with Crippen LogP contribution in [0.25, 0.3) is 0 Å². The molecule has 0 aromatic rings. The van der Waals surface area contributed by atoms with Crippen LogP contribution < -0.4 is 0 Å². The summed E-state index contributed by atoms with van der Waals surface area (Å²) in [7, 11) is -3.50. The van der Waals surface area contributed by atoms with Crippen molar-refractivity contribution >= 4 is 16.0 Å². The first-order valence-corrected chi connectivity index (χ1v) is 5.76. The highest BCUT2D eigenvalue weighted by molar-refractivity contribution is 7.89. The van der Waals surface area contributed by atoms with E-state index < -0.39 is 33.8 Å². The number of aliphatic hydroxyl groups is 1. The molecular weight excluding hydrogens is 210 g/mol. The molecule has 0 amide bonds. The highest BCUT2D eigenvalue weighted by atomic mass is 32.2. The van der Waals surface area contributed by atoms with Crippen molar-refractivity contribution in [3.63, 3.8) is 0 Å². The Labute approximate surface area is 82.2 Å². The van der Waals surface area contributed by atoms with Crippen molar-refractivity contribution < 1.29 is 23.4 Å². The number of nitrogens with zero attached hydrogens (tertiary/aromatic N) is 1.